The summed E-state index contributed by atoms with van der Waals surface area (Å²) in [5, 5.41) is 33.3. The van der Waals surface area contributed by atoms with Crippen molar-refractivity contribution in [3.8, 4) is 0 Å². The van der Waals surface area contributed by atoms with Crippen LogP contribution in [0.2, 0.25) is 0 Å². The Morgan fingerprint density at radius 2 is 0.608 bits per heavy atom. The molecule has 0 amide bonds. The number of nitrogens with zero attached hydrogens (tertiary/aromatic N) is 8. The maximum Gasteiger partial charge on any atom is -0.147 e. The average molecular weight is 2000 g/mol. The number of carboxylic acid groups (broad SMARTS) is 1. The Bertz CT molecular complexity index is 5540. The van der Waals surface area contributed by atoms with E-state index in [2.05, 4.69) is 311 Å². The van der Waals surface area contributed by atoms with E-state index in [4.69, 9.17) is 25.1 Å². The van der Waals surface area contributed by atoms with Crippen LogP contribution in [0.15, 0.2) is 234 Å². The van der Waals surface area contributed by atoms with E-state index >= 15 is 0 Å². The first-order chi connectivity index (χ1) is 61.7. The summed E-state index contributed by atoms with van der Waals surface area (Å²) < 4.78 is 5.57. The van der Waals surface area contributed by atoms with Gasteiger partial charge in [-0.2, -0.15) is 0 Å². The predicted octanol–water partition coefficient (Wildman–Crippen LogP) is 25.4. The Morgan fingerprint density at radius 1 is 0.323 bits per heavy atom. The molecule has 12 aromatic rings. The third kappa shape index (κ3) is 26.6. The molecule has 4 aliphatic heterocycles. The molecule has 0 aromatic heterocycles. The van der Waals surface area contributed by atoms with Gasteiger partial charge in [-0.15, -0.1) is 37.2 Å². The van der Waals surface area contributed by atoms with Gasteiger partial charge in [-0.25, -0.2) is 0 Å². The Morgan fingerprint density at radius 3 is 0.923 bits per heavy atom. The Labute approximate surface area is 818 Å². The van der Waals surface area contributed by atoms with Crippen LogP contribution < -0.4 is 71.1 Å². The van der Waals surface area contributed by atoms with Crippen LogP contribution in [-0.4, -0.2) is 124 Å². The summed E-state index contributed by atoms with van der Waals surface area (Å²) in [5.41, 5.74) is 18.9. The molecular weight excluding hydrogens is 1870 g/mol. The second-order valence-electron chi connectivity index (χ2n) is 32.1. The third-order valence-corrected chi connectivity index (χ3v) is 30.4. The fourth-order valence-electron chi connectivity index (χ4n) is 16.6. The number of rotatable bonds is 36. The zero-order valence-corrected chi connectivity index (χ0v) is 85.5. The maximum absolute atomic E-state index is 11.1. The maximum atomic E-state index is 11.1. The molecule has 688 valence electrons. The molecule has 0 saturated heterocycles. The fraction of sp³-hybridized carbons (Fsp3) is 0.346. The smallest absolute Gasteiger partial charge is 0.147 e. The summed E-state index contributed by atoms with van der Waals surface area (Å²) in [4.78, 5) is 55.7. The van der Waals surface area contributed by atoms with E-state index in [9.17, 15) is 9.59 Å². The molecule has 0 spiro atoms. The number of hydrogen-bond donors (Lipinski definition) is 5. The van der Waals surface area contributed by atoms with Gasteiger partial charge in [-0.1, -0.05) is 98.2 Å². The monoisotopic (exact) mass is 1990 g/mol. The first-order valence-electron chi connectivity index (χ1n) is 46.1. The first-order valence-corrected chi connectivity index (χ1v) is 51.2. The minimum absolute atomic E-state index is 0. The van der Waals surface area contributed by atoms with E-state index < -0.39 is 5.97 Å². The van der Waals surface area contributed by atoms with Crippen molar-refractivity contribution in [2.75, 3.05) is 93.2 Å². The summed E-state index contributed by atoms with van der Waals surface area (Å²) in [5.74, 6) is -0.474. The molecule has 4 heterocycles. The first kappa shape index (κ1) is 105. The topological polar surface area (TPSA) is 165 Å². The summed E-state index contributed by atoms with van der Waals surface area (Å²) >= 11 is 4.11. The van der Waals surface area contributed by atoms with E-state index in [0.29, 0.717) is 12.8 Å². The van der Waals surface area contributed by atoms with Crippen LogP contribution in [-0.2, 0) is 9.59 Å². The van der Waals surface area contributed by atoms with Gasteiger partial charge < -0.3 is 37.9 Å². The van der Waals surface area contributed by atoms with E-state index in [1.165, 1.54) is 178 Å². The zero-order chi connectivity index (χ0) is 88.3. The van der Waals surface area contributed by atoms with Crippen molar-refractivity contribution in [1.82, 2.24) is 0 Å². The summed E-state index contributed by atoms with van der Waals surface area (Å²) in [6.45, 7) is 31.9. The predicted molar refractivity (Wildman–Crippen MR) is 574 cm³/mol. The van der Waals surface area contributed by atoms with Gasteiger partial charge in [0.05, 0.1) is 34.1 Å². The molecule has 130 heavy (non-hydrogen) atoms. The fourth-order valence-corrected chi connectivity index (χ4v) is 23.3. The Balaban J connectivity index is 0.000000193. The van der Waals surface area contributed by atoms with E-state index in [1.807, 2.05) is 30.3 Å². The number of Topliss-reactive ketones (excluding diaryl/α,β-unsaturated/α-hetero) is 1. The second kappa shape index (κ2) is 52.9. The number of fused-ring (bicyclic) bond motifs is 16. The van der Waals surface area contributed by atoms with Gasteiger partial charge in [-0.3, -0.25) is 14.8 Å². The molecule has 15 nitrogen and oxygen atoms in total. The molecule has 23 heteroatoms. The van der Waals surface area contributed by atoms with Crippen LogP contribution in [0.4, 0.5) is 91.0 Å². The van der Waals surface area contributed by atoms with Crippen LogP contribution in [0.25, 0.3) is 43.1 Å². The van der Waals surface area contributed by atoms with Gasteiger partial charge in [0, 0.05) is 97.5 Å². The SMILES string of the molecule is CCCCCCC=Nc1cc2c(c3ccccc13)Nc1ccc(N(CC)CC)cc1S2.CCCCCCC=Nc1cc2c(c3ccccc13)Nc1ccc(N(CC)CC)cc1[Se]2.CCN(CC)c1ccc2c(c1)Sc1cc(N=CCCCCC(=O)O)c3ccccc3c1N2.CCN(CC)c1ccc2c(c1)[Se]c1cc(N=CCCCCC(C)=O)c3ccccc3c1N2.Cl.Cl.Cl.[Cl-]. The van der Waals surface area contributed by atoms with Crippen LogP contribution >= 0.6 is 60.7 Å². The third-order valence-electron chi connectivity index (χ3n) is 23.6. The number of ketones is 1. The normalized spacial score (nSPS) is 12.1. The molecule has 0 bridgehead atoms. The van der Waals surface area contributed by atoms with Crippen molar-refractivity contribution in [2.24, 2.45) is 20.0 Å². The zero-order valence-electron chi connectivity index (χ0n) is 77.2. The van der Waals surface area contributed by atoms with Crippen LogP contribution in [0.5, 0.6) is 0 Å². The van der Waals surface area contributed by atoms with Crippen LogP contribution in [0.3, 0.4) is 0 Å². The number of halogens is 4. The molecule has 12 aromatic carbocycles. The van der Waals surface area contributed by atoms with Crippen LogP contribution in [0.1, 0.15) is 192 Å². The number of anilines is 12. The number of hydrogen-bond acceptors (Lipinski definition) is 16. The van der Waals surface area contributed by atoms with Crippen molar-refractivity contribution in [3.63, 3.8) is 0 Å². The van der Waals surface area contributed by atoms with Gasteiger partial charge in [0.15, 0.2) is 0 Å². The molecule has 0 fully saturated rings. The molecule has 0 aliphatic carbocycles. The Kier molecular flexibility index (Phi) is 42.5. The van der Waals surface area contributed by atoms with E-state index in [1.54, 1.807) is 18.7 Å². The number of nitrogens with one attached hydrogen (secondary N) is 4. The minimum atomic E-state index is -0.739. The summed E-state index contributed by atoms with van der Waals surface area (Å²) in [7, 11) is 0. The average Bonchev–Trinajstić information content (AvgIpc) is 0.770. The molecule has 0 unspecified atom stereocenters. The molecule has 0 radical (unpaired) electrons. The van der Waals surface area contributed by atoms with E-state index in [0.717, 1.165) is 142 Å². The van der Waals surface area contributed by atoms with E-state index in [-0.39, 0.29) is 91.7 Å². The van der Waals surface area contributed by atoms with Gasteiger partial charge in [0.1, 0.15) is 0 Å². The van der Waals surface area contributed by atoms with Crippen molar-refractivity contribution in [3.05, 3.63) is 194 Å². The summed E-state index contributed by atoms with van der Waals surface area (Å²) in [6, 6.07) is 70.3. The number of carbonyl (C=O) groups is 2. The van der Waals surface area contributed by atoms with Gasteiger partial charge in [0.25, 0.3) is 0 Å². The molecular formula is C107H129Cl4N12O3S2Se2-. The standard InChI is InChI=1S/C27H31N3OSe.C27H33N3S.C27H33N3Se.C26H29N3O2S.4ClH/c1-4-30(5-2)20-14-15-23-25(17-20)32-26-18-24(28-16-10-6-7-11-19(3)31)21-12-8-9-13-22(21)27(26)29-23;2*1-4-7-8-9-12-17-28-24-19-26-27(22-14-11-10-13-21(22)24)29-23-16-15-20(18-25(23)31-26)30(5-2)6-3;1-3-29(4-2)18-13-14-21-23(16-18)32-24-17-22(27-15-9-5-6-12-25(30)31)19-10-7-8-11-20(19)26(24)28-21;;;;/h8-9,12-18,29H,4-7,10-11H2,1-3H3;2*10-11,13-19,29H,4-9,12H2,1-3H3;7-8,10-11,13-17,28H,3-6,9,12H2,1-2H3,(H,30,31);4*1H/p-1. The molecule has 16 rings (SSSR count). The van der Waals surface area contributed by atoms with Crippen molar-refractivity contribution < 1.29 is 27.1 Å². The number of unbranched alkanes of at least 4 members (excludes halogenated alkanes) is 12. The molecule has 4 aliphatic rings. The van der Waals surface area contributed by atoms with Gasteiger partial charge >= 0.3 is 397 Å². The van der Waals surface area contributed by atoms with Gasteiger partial charge in [0.2, 0.25) is 0 Å². The van der Waals surface area contributed by atoms with Gasteiger partial charge in [-0.05, 0) is 108 Å². The van der Waals surface area contributed by atoms with Crippen LogP contribution in [0, 0.1) is 0 Å². The quantitative estimate of drug-likeness (QED) is 0.0143. The number of carbonyl (C=O) groups excluding carboxylic acids is 1. The molecule has 0 saturated carbocycles. The largest absolute Gasteiger partial charge is 1.00 e. The number of aliphatic carboxylic acids is 1. The number of aliphatic imine (C=N–C) groups is 4. The van der Waals surface area contributed by atoms with Crippen molar-refractivity contribution in [2.45, 2.75) is 211 Å². The minimum Gasteiger partial charge on any atom is -1.00 e. The number of benzene rings is 12. The molecule has 5 N–H and O–H groups in total. The second-order valence-corrected chi connectivity index (χ2v) is 38.8. The van der Waals surface area contributed by atoms with Crippen molar-refractivity contribution in [1.29, 1.82) is 0 Å². The van der Waals surface area contributed by atoms with Crippen molar-refractivity contribution >= 4 is 279 Å². The summed E-state index contributed by atoms with van der Waals surface area (Å²) in [6.07, 6.45) is 26.5. The Hall–Kier alpha value is -9.20. The number of carboxylic acids is 1. The molecule has 0 atom stereocenters.